The van der Waals surface area contributed by atoms with E-state index in [-0.39, 0.29) is 0 Å². The van der Waals surface area contributed by atoms with Crippen LogP contribution in [0.2, 0.25) is 0 Å². The minimum atomic E-state index is 0.703. The molecule has 0 unspecified atom stereocenters. The van der Waals surface area contributed by atoms with Gasteiger partial charge in [0.25, 0.3) is 0 Å². The van der Waals surface area contributed by atoms with Crippen molar-refractivity contribution in [2.75, 3.05) is 13.6 Å². The average molecular weight is 203 g/mol. The van der Waals surface area contributed by atoms with Gasteiger partial charge in [-0.2, -0.15) is 5.10 Å². The van der Waals surface area contributed by atoms with Crippen LogP contribution in [0.1, 0.15) is 5.82 Å². The average Bonchev–Trinajstić information content (AvgIpc) is 2.76. The summed E-state index contributed by atoms with van der Waals surface area (Å²) in [6.07, 6.45) is 4.34. The summed E-state index contributed by atoms with van der Waals surface area (Å²) >= 11 is 0. The molecule has 0 aromatic carbocycles. The number of likely N-dealkylation sites (N-methyl/N-ethyl adjacent to an activating group) is 1. The van der Waals surface area contributed by atoms with E-state index in [2.05, 4.69) is 25.5 Å². The monoisotopic (exact) mass is 203 g/mol. The van der Waals surface area contributed by atoms with Crippen LogP contribution in [0.25, 0.3) is 11.4 Å². The summed E-state index contributed by atoms with van der Waals surface area (Å²) in [4.78, 5) is 8.40. The molecule has 0 radical (unpaired) electrons. The number of nitrogens with one attached hydrogen (secondary N) is 2. The molecule has 0 spiro atoms. The molecule has 0 aliphatic carbocycles. The van der Waals surface area contributed by atoms with Gasteiger partial charge in [0.1, 0.15) is 5.82 Å². The van der Waals surface area contributed by atoms with Crippen LogP contribution >= 0.6 is 0 Å². The van der Waals surface area contributed by atoms with Crippen LogP contribution in [0, 0.1) is 0 Å². The molecule has 2 N–H and O–H groups in total. The number of nitrogens with zero attached hydrogens (tertiary/aromatic N) is 3. The molecule has 0 aliphatic heterocycles. The second kappa shape index (κ2) is 4.65. The molecule has 0 amide bonds. The summed E-state index contributed by atoms with van der Waals surface area (Å²) in [5.41, 5.74) is 0.935. The molecular weight excluding hydrogens is 190 g/mol. The van der Waals surface area contributed by atoms with Gasteiger partial charge in [0.15, 0.2) is 5.82 Å². The largest absolute Gasteiger partial charge is 0.319 e. The first-order chi connectivity index (χ1) is 7.40. The molecule has 0 fully saturated rings. The second-order valence-electron chi connectivity index (χ2n) is 3.20. The van der Waals surface area contributed by atoms with Crippen molar-refractivity contribution in [2.45, 2.75) is 6.42 Å². The quantitative estimate of drug-likeness (QED) is 0.764. The van der Waals surface area contributed by atoms with Crippen LogP contribution < -0.4 is 5.32 Å². The number of aromatic amines is 1. The van der Waals surface area contributed by atoms with Gasteiger partial charge in [-0.1, -0.05) is 0 Å². The van der Waals surface area contributed by atoms with Crippen molar-refractivity contribution >= 4 is 0 Å². The summed E-state index contributed by atoms with van der Waals surface area (Å²) in [6.45, 7) is 0.891. The van der Waals surface area contributed by atoms with Gasteiger partial charge in [-0.15, -0.1) is 0 Å². The molecule has 0 saturated carbocycles. The molecule has 5 heteroatoms. The highest BCUT2D eigenvalue weighted by atomic mass is 15.2. The normalized spacial score (nSPS) is 10.5. The summed E-state index contributed by atoms with van der Waals surface area (Å²) < 4.78 is 0. The zero-order valence-electron chi connectivity index (χ0n) is 8.57. The Morgan fingerprint density at radius 1 is 1.47 bits per heavy atom. The molecule has 2 aromatic heterocycles. The van der Waals surface area contributed by atoms with E-state index in [1.165, 1.54) is 0 Å². The number of pyridine rings is 1. The van der Waals surface area contributed by atoms with E-state index in [0.29, 0.717) is 5.82 Å². The second-order valence-corrected chi connectivity index (χ2v) is 3.20. The number of aromatic nitrogens is 4. The maximum atomic E-state index is 4.37. The first kappa shape index (κ1) is 9.79. The van der Waals surface area contributed by atoms with Gasteiger partial charge in [0, 0.05) is 30.9 Å². The third-order valence-electron chi connectivity index (χ3n) is 2.06. The first-order valence-corrected chi connectivity index (χ1v) is 4.86. The lowest BCUT2D eigenvalue weighted by atomic mass is 10.3. The smallest absolute Gasteiger partial charge is 0.182 e. The summed E-state index contributed by atoms with van der Waals surface area (Å²) in [5, 5.41) is 10.1. The van der Waals surface area contributed by atoms with Crippen LogP contribution in [0.4, 0.5) is 0 Å². The van der Waals surface area contributed by atoms with E-state index in [4.69, 9.17) is 0 Å². The van der Waals surface area contributed by atoms with E-state index in [1.807, 2.05) is 19.2 Å². The molecule has 0 atom stereocenters. The van der Waals surface area contributed by atoms with E-state index >= 15 is 0 Å². The summed E-state index contributed by atoms with van der Waals surface area (Å²) in [7, 11) is 1.92. The van der Waals surface area contributed by atoms with Crippen molar-refractivity contribution in [1.82, 2.24) is 25.5 Å². The highest BCUT2D eigenvalue weighted by Crippen LogP contribution is 2.11. The summed E-state index contributed by atoms with van der Waals surface area (Å²) in [6, 6.07) is 3.82. The van der Waals surface area contributed by atoms with Crippen LogP contribution in [0.3, 0.4) is 0 Å². The minimum Gasteiger partial charge on any atom is -0.319 e. The lowest BCUT2D eigenvalue weighted by Gasteiger charge is -1.93. The van der Waals surface area contributed by atoms with Crippen LogP contribution in [0.15, 0.2) is 24.5 Å². The van der Waals surface area contributed by atoms with Crippen molar-refractivity contribution in [3.05, 3.63) is 30.4 Å². The fourth-order valence-corrected chi connectivity index (χ4v) is 1.27. The van der Waals surface area contributed by atoms with Crippen molar-refractivity contribution in [1.29, 1.82) is 0 Å². The van der Waals surface area contributed by atoms with Crippen molar-refractivity contribution in [2.24, 2.45) is 0 Å². The third-order valence-corrected chi connectivity index (χ3v) is 2.06. The Morgan fingerprint density at radius 3 is 3.13 bits per heavy atom. The predicted octanol–water partition coefficient (Wildman–Crippen LogP) is 0.629. The minimum absolute atomic E-state index is 0.703. The third kappa shape index (κ3) is 2.38. The van der Waals surface area contributed by atoms with Gasteiger partial charge in [-0.05, 0) is 19.2 Å². The Bertz CT molecular complexity index is 409. The van der Waals surface area contributed by atoms with Gasteiger partial charge < -0.3 is 5.32 Å². The maximum absolute atomic E-state index is 4.37. The summed E-state index contributed by atoms with van der Waals surface area (Å²) in [5.74, 6) is 1.59. The molecule has 2 rings (SSSR count). The number of hydrogen-bond donors (Lipinski definition) is 2. The Kier molecular flexibility index (Phi) is 3.04. The Balaban J connectivity index is 2.14. The molecule has 78 valence electrons. The zero-order chi connectivity index (χ0) is 10.5. The van der Waals surface area contributed by atoms with Crippen LogP contribution in [-0.4, -0.2) is 33.8 Å². The Hall–Kier alpha value is -1.75. The van der Waals surface area contributed by atoms with E-state index < -0.39 is 0 Å². The van der Waals surface area contributed by atoms with E-state index in [1.54, 1.807) is 12.4 Å². The number of rotatable bonds is 4. The van der Waals surface area contributed by atoms with Gasteiger partial charge >= 0.3 is 0 Å². The van der Waals surface area contributed by atoms with E-state index in [9.17, 15) is 0 Å². The van der Waals surface area contributed by atoms with Gasteiger partial charge in [-0.25, -0.2) is 4.98 Å². The number of hydrogen-bond acceptors (Lipinski definition) is 4. The van der Waals surface area contributed by atoms with Gasteiger partial charge in [0.05, 0.1) is 0 Å². The zero-order valence-corrected chi connectivity index (χ0v) is 8.57. The maximum Gasteiger partial charge on any atom is 0.182 e. The predicted molar refractivity (Wildman–Crippen MR) is 57.2 cm³/mol. The highest BCUT2D eigenvalue weighted by molar-refractivity contribution is 5.52. The lowest BCUT2D eigenvalue weighted by Crippen LogP contribution is -2.11. The molecule has 2 heterocycles. The van der Waals surface area contributed by atoms with Crippen LogP contribution in [0.5, 0.6) is 0 Å². The van der Waals surface area contributed by atoms with Gasteiger partial charge in [0.2, 0.25) is 0 Å². The van der Waals surface area contributed by atoms with Crippen molar-refractivity contribution < 1.29 is 0 Å². The lowest BCUT2D eigenvalue weighted by molar-refractivity contribution is 0.758. The molecule has 5 nitrogen and oxygen atoms in total. The molecule has 0 aliphatic rings. The molecular formula is C10H13N5. The van der Waals surface area contributed by atoms with Crippen molar-refractivity contribution in [3.63, 3.8) is 0 Å². The Labute approximate surface area is 88.0 Å². The highest BCUT2D eigenvalue weighted by Gasteiger charge is 2.04. The van der Waals surface area contributed by atoms with Gasteiger partial charge in [-0.3, -0.25) is 10.1 Å². The fourth-order valence-electron chi connectivity index (χ4n) is 1.27. The molecule has 0 bridgehead atoms. The first-order valence-electron chi connectivity index (χ1n) is 4.86. The van der Waals surface area contributed by atoms with Crippen LogP contribution in [-0.2, 0) is 6.42 Å². The van der Waals surface area contributed by atoms with E-state index in [0.717, 1.165) is 24.4 Å². The fraction of sp³-hybridized carbons (Fsp3) is 0.300. The van der Waals surface area contributed by atoms with Crippen molar-refractivity contribution in [3.8, 4) is 11.4 Å². The number of H-pyrrole nitrogens is 1. The Morgan fingerprint density at radius 2 is 2.40 bits per heavy atom. The molecule has 15 heavy (non-hydrogen) atoms. The molecule has 0 saturated heterocycles. The standard InChI is InChI=1S/C10H13N5/c1-11-6-4-9-13-10(15-14-9)8-3-2-5-12-7-8/h2-3,5,7,11H,4,6H2,1H3,(H,13,14,15). The molecule has 2 aromatic rings. The SMILES string of the molecule is CNCCc1nc(-c2cccnc2)n[nH]1. The topological polar surface area (TPSA) is 66.5 Å².